The van der Waals surface area contributed by atoms with Crippen molar-refractivity contribution >= 4 is 11.6 Å². The van der Waals surface area contributed by atoms with E-state index in [2.05, 4.69) is 18.2 Å². The van der Waals surface area contributed by atoms with Crippen molar-refractivity contribution < 1.29 is 4.79 Å². The number of hydrogen-bond donors (Lipinski definition) is 1. The zero-order chi connectivity index (χ0) is 13.1. The van der Waals surface area contributed by atoms with E-state index in [1.165, 1.54) is 11.1 Å². The lowest BCUT2D eigenvalue weighted by Crippen LogP contribution is -2.38. The van der Waals surface area contributed by atoms with Gasteiger partial charge in [0.1, 0.15) is 0 Å². The van der Waals surface area contributed by atoms with Gasteiger partial charge in [0.25, 0.3) is 0 Å². The van der Waals surface area contributed by atoms with E-state index >= 15 is 0 Å². The van der Waals surface area contributed by atoms with Crippen LogP contribution in [0.2, 0.25) is 0 Å². The van der Waals surface area contributed by atoms with Gasteiger partial charge in [-0.25, -0.2) is 0 Å². The number of amides is 1. The van der Waals surface area contributed by atoms with Crippen LogP contribution in [0.5, 0.6) is 0 Å². The number of anilines is 1. The van der Waals surface area contributed by atoms with Gasteiger partial charge in [-0.15, -0.1) is 0 Å². The molecule has 0 radical (unpaired) electrons. The summed E-state index contributed by atoms with van der Waals surface area (Å²) in [7, 11) is 0. The highest BCUT2D eigenvalue weighted by Crippen LogP contribution is 2.29. The predicted octanol–water partition coefficient (Wildman–Crippen LogP) is 2.12. The van der Waals surface area contributed by atoms with Crippen molar-refractivity contribution in [1.29, 1.82) is 0 Å². The van der Waals surface area contributed by atoms with Crippen LogP contribution in [0, 0.1) is 5.92 Å². The molecule has 1 aromatic rings. The normalized spacial score (nSPS) is 14.8. The fraction of sp³-hybridized carbons (Fsp3) is 0.533. The van der Waals surface area contributed by atoms with Crippen molar-refractivity contribution in [3.8, 4) is 0 Å². The maximum Gasteiger partial charge on any atom is 0.229 e. The van der Waals surface area contributed by atoms with Crippen LogP contribution in [0.3, 0.4) is 0 Å². The second kappa shape index (κ2) is 5.53. The third-order valence-corrected chi connectivity index (χ3v) is 3.46. The quantitative estimate of drug-likeness (QED) is 0.888. The van der Waals surface area contributed by atoms with E-state index in [4.69, 9.17) is 5.73 Å². The number of rotatable bonds is 3. The van der Waals surface area contributed by atoms with Crippen molar-refractivity contribution in [2.45, 2.75) is 33.1 Å². The van der Waals surface area contributed by atoms with Crippen molar-refractivity contribution in [2.75, 3.05) is 18.0 Å². The average molecular weight is 246 g/mol. The highest BCUT2D eigenvalue weighted by Gasteiger charge is 2.24. The fourth-order valence-electron chi connectivity index (χ4n) is 2.51. The predicted molar refractivity (Wildman–Crippen MR) is 74.7 cm³/mol. The lowest BCUT2D eigenvalue weighted by atomic mass is 9.97. The lowest BCUT2D eigenvalue weighted by Gasteiger charge is -2.31. The van der Waals surface area contributed by atoms with Crippen molar-refractivity contribution in [3.63, 3.8) is 0 Å². The molecule has 98 valence electrons. The summed E-state index contributed by atoms with van der Waals surface area (Å²) in [6.07, 6.45) is 3.03. The number of benzene rings is 1. The molecule has 2 rings (SSSR count). The minimum Gasteiger partial charge on any atom is -0.330 e. The van der Waals surface area contributed by atoms with E-state index in [-0.39, 0.29) is 11.8 Å². The standard InChI is InChI=1S/C15H22N2O/c1-11(2)15(18)17-9-3-4-13-10-12(7-8-16)5-6-14(13)17/h5-6,10-11H,3-4,7-9,16H2,1-2H3. The maximum absolute atomic E-state index is 12.2. The molecule has 0 saturated heterocycles. The van der Waals surface area contributed by atoms with Gasteiger partial charge < -0.3 is 10.6 Å². The first-order chi connectivity index (χ1) is 8.63. The van der Waals surface area contributed by atoms with Gasteiger partial charge in [0, 0.05) is 18.2 Å². The summed E-state index contributed by atoms with van der Waals surface area (Å²) < 4.78 is 0. The number of nitrogens with two attached hydrogens (primary N) is 1. The van der Waals surface area contributed by atoms with Gasteiger partial charge in [-0.2, -0.15) is 0 Å². The molecular weight excluding hydrogens is 224 g/mol. The first-order valence-corrected chi connectivity index (χ1v) is 6.76. The Morgan fingerprint density at radius 1 is 1.44 bits per heavy atom. The molecule has 18 heavy (non-hydrogen) atoms. The summed E-state index contributed by atoms with van der Waals surface area (Å²) in [5, 5.41) is 0. The second-order valence-corrected chi connectivity index (χ2v) is 5.25. The first kappa shape index (κ1) is 13.1. The van der Waals surface area contributed by atoms with E-state index in [9.17, 15) is 4.79 Å². The fourth-order valence-corrected chi connectivity index (χ4v) is 2.51. The maximum atomic E-state index is 12.2. The van der Waals surface area contributed by atoms with E-state index < -0.39 is 0 Å². The number of hydrogen-bond acceptors (Lipinski definition) is 2. The van der Waals surface area contributed by atoms with Crippen LogP contribution < -0.4 is 10.6 Å². The van der Waals surface area contributed by atoms with Crippen LogP contribution in [0.15, 0.2) is 18.2 Å². The van der Waals surface area contributed by atoms with Gasteiger partial charge in [-0.3, -0.25) is 4.79 Å². The first-order valence-electron chi connectivity index (χ1n) is 6.76. The number of carbonyl (C=O) groups excluding carboxylic acids is 1. The number of nitrogens with zero attached hydrogens (tertiary/aromatic N) is 1. The van der Waals surface area contributed by atoms with Gasteiger partial charge >= 0.3 is 0 Å². The Hall–Kier alpha value is -1.35. The van der Waals surface area contributed by atoms with E-state index in [0.717, 1.165) is 31.5 Å². The molecular formula is C15H22N2O. The third-order valence-electron chi connectivity index (χ3n) is 3.46. The molecule has 0 unspecified atom stereocenters. The van der Waals surface area contributed by atoms with Crippen LogP contribution >= 0.6 is 0 Å². The summed E-state index contributed by atoms with van der Waals surface area (Å²) in [6, 6.07) is 6.39. The molecule has 3 heteroatoms. The Morgan fingerprint density at radius 3 is 2.89 bits per heavy atom. The third kappa shape index (κ3) is 2.56. The van der Waals surface area contributed by atoms with Crippen LogP contribution in [0.25, 0.3) is 0 Å². The van der Waals surface area contributed by atoms with Gasteiger partial charge in [-0.05, 0) is 43.0 Å². The molecule has 0 fully saturated rings. The Kier molecular flexibility index (Phi) is 4.02. The SMILES string of the molecule is CC(C)C(=O)N1CCCc2cc(CCN)ccc21. The van der Waals surface area contributed by atoms with E-state index in [1.54, 1.807) is 0 Å². The Labute approximate surface area is 109 Å². The van der Waals surface area contributed by atoms with Gasteiger partial charge in [0.2, 0.25) is 5.91 Å². The van der Waals surface area contributed by atoms with Gasteiger partial charge in [-0.1, -0.05) is 26.0 Å². The van der Waals surface area contributed by atoms with Crippen LogP contribution in [-0.4, -0.2) is 19.0 Å². The summed E-state index contributed by atoms with van der Waals surface area (Å²) in [5.41, 5.74) is 9.25. The smallest absolute Gasteiger partial charge is 0.229 e. The van der Waals surface area contributed by atoms with Crippen molar-refractivity contribution in [3.05, 3.63) is 29.3 Å². The number of aryl methyl sites for hydroxylation is 1. The second-order valence-electron chi connectivity index (χ2n) is 5.25. The molecule has 2 N–H and O–H groups in total. The molecule has 0 bridgehead atoms. The molecule has 1 heterocycles. The summed E-state index contributed by atoms with van der Waals surface area (Å²) in [4.78, 5) is 14.1. The summed E-state index contributed by atoms with van der Waals surface area (Å²) in [6.45, 7) is 5.44. The topological polar surface area (TPSA) is 46.3 Å². The molecule has 1 amide bonds. The number of fused-ring (bicyclic) bond motifs is 1. The van der Waals surface area contributed by atoms with Gasteiger partial charge in [0.15, 0.2) is 0 Å². The van der Waals surface area contributed by atoms with Crippen molar-refractivity contribution in [2.24, 2.45) is 11.7 Å². The Bertz CT molecular complexity index is 440. The molecule has 1 aliphatic rings. The average Bonchev–Trinajstić information content (AvgIpc) is 2.37. The van der Waals surface area contributed by atoms with Crippen LogP contribution in [0.1, 0.15) is 31.4 Å². The molecule has 0 atom stereocenters. The molecule has 0 aliphatic carbocycles. The zero-order valence-electron chi connectivity index (χ0n) is 11.3. The monoisotopic (exact) mass is 246 g/mol. The van der Waals surface area contributed by atoms with Crippen LogP contribution in [-0.2, 0) is 17.6 Å². The zero-order valence-corrected chi connectivity index (χ0v) is 11.3. The molecule has 1 aliphatic heterocycles. The molecule has 3 nitrogen and oxygen atoms in total. The summed E-state index contributed by atoms with van der Waals surface area (Å²) in [5.74, 6) is 0.280. The van der Waals surface area contributed by atoms with E-state index in [1.807, 2.05) is 18.7 Å². The lowest BCUT2D eigenvalue weighted by molar-refractivity contribution is -0.121. The Balaban J connectivity index is 2.30. The Morgan fingerprint density at radius 2 is 2.22 bits per heavy atom. The van der Waals surface area contributed by atoms with Gasteiger partial charge in [0.05, 0.1) is 0 Å². The highest BCUT2D eigenvalue weighted by atomic mass is 16.2. The molecule has 0 saturated carbocycles. The minimum absolute atomic E-state index is 0.0552. The highest BCUT2D eigenvalue weighted by molar-refractivity contribution is 5.95. The van der Waals surface area contributed by atoms with E-state index in [0.29, 0.717) is 6.54 Å². The largest absolute Gasteiger partial charge is 0.330 e. The molecule has 0 spiro atoms. The minimum atomic E-state index is 0.0552. The number of carbonyl (C=O) groups is 1. The molecule has 1 aromatic carbocycles. The van der Waals surface area contributed by atoms with Crippen molar-refractivity contribution in [1.82, 2.24) is 0 Å². The van der Waals surface area contributed by atoms with Crippen LogP contribution in [0.4, 0.5) is 5.69 Å². The molecule has 0 aromatic heterocycles. The summed E-state index contributed by atoms with van der Waals surface area (Å²) >= 11 is 0.